The van der Waals surface area contributed by atoms with Crippen molar-refractivity contribution in [2.75, 3.05) is 13.2 Å². The van der Waals surface area contributed by atoms with E-state index < -0.39 is 11.5 Å². The van der Waals surface area contributed by atoms with E-state index in [1.807, 2.05) is 6.92 Å². The Balaban J connectivity index is 2.09. The van der Waals surface area contributed by atoms with E-state index in [4.69, 9.17) is 4.74 Å². The third kappa shape index (κ3) is 3.16. The van der Waals surface area contributed by atoms with E-state index in [1.165, 1.54) is 17.5 Å². The number of nitrogens with zero attached hydrogens (tertiary/aromatic N) is 1. The molecule has 0 bridgehead atoms. The van der Waals surface area contributed by atoms with E-state index in [0.29, 0.717) is 18.1 Å². The van der Waals surface area contributed by atoms with Gasteiger partial charge in [0.05, 0.1) is 11.2 Å². The Morgan fingerprint density at radius 3 is 2.80 bits per heavy atom. The van der Waals surface area contributed by atoms with Gasteiger partial charge in [-0.3, -0.25) is 4.79 Å². The number of hydrogen-bond acceptors (Lipinski definition) is 5. The molecule has 1 aliphatic heterocycles. The molecule has 7 heteroatoms. The lowest BCUT2D eigenvalue weighted by molar-refractivity contribution is -0.148. The van der Waals surface area contributed by atoms with Crippen molar-refractivity contribution in [1.29, 1.82) is 0 Å². The van der Waals surface area contributed by atoms with Gasteiger partial charge in [0, 0.05) is 26.1 Å². The van der Waals surface area contributed by atoms with E-state index in [2.05, 4.69) is 10.3 Å². The van der Waals surface area contributed by atoms with Crippen LogP contribution in [0.1, 0.15) is 40.9 Å². The maximum Gasteiger partial charge on any atom is 0.329 e. The average Bonchev–Trinajstić information content (AvgIpc) is 2.89. The Hall–Kier alpha value is -1.47. The number of hydrogen-bond donors (Lipinski definition) is 2. The molecule has 0 atom stereocenters. The monoisotopic (exact) mass is 298 g/mol. The molecule has 2 N–H and O–H groups in total. The van der Waals surface area contributed by atoms with Crippen molar-refractivity contribution in [1.82, 2.24) is 10.3 Å². The largest absolute Gasteiger partial charge is 0.480 e. The topological polar surface area (TPSA) is 88.5 Å². The van der Waals surface area contributed by atoms with Crippen LogP contribution in [0.4, 0.5) is 0 Å². The van der Waals surface area contributed by atoms with Crippen molar-refractivity contribution in [2.24, 2.45) is 0 Å². The molecule has 0 saturated carbocycles. The molecule has 2 rings (SSSR count). The lowest BCUT2D eigenvalue weighted by Gasteiger charge is -2.33. The lowest BCUT2D eigenvalue weighted by Crippen LogP contribution is -2.57. The highest BCUT2D eigenvalue weighted by Gasteiger charge is 2.42. The molecule has 1 saturated heterocycles. The van der Waals surface area contributed by atoms with Gasteiger partial charge in [-0.05, 0) is 12.8 Å². The van der Waals surface area contributed by atoms with E-state index in [0.717, 1.165) is 17.8 Å². The molecule has 110 valence electrons. The van der Waals surface area contributed by atoms with Crippen LogP contribution < -0.4 is 5.32 Å². The molecule has 0 spiro atoms. The van der Waals surface area contributed by atoms with Crippen molar-refractivity contribution in [3.05, 3.63) is 16.1 Å². The Morgan fingerprint density at radius 2 is 2.20 bits per heavy atom. The summed E-state index contributed by atoms with van der Waals surface area (Å²) in [5, 5.41) is 12.9. The van der Waals surface area contributed by atoms with Crippen LogP contribution in [-0.2, 0) is 16.0 Å². The van der Waals surface area contributed by atoms with E-state index in [9.17, 15) is 14.7 Å². The highest BCUT2D eigenvalue weighted by molar-refractivity contribution is 7.13. The minimum absolute atomic E-state index is 0.286. The summed E-state index contributed by atoms with van der Waals surface area (Å²) in [6, 6.07) is 0. The first-order valence-electron chi connectivity index (χ1n) is 6.66. The minimum atomic E-state index is -1.22. The SMILES string of the molecule is CCCc1ncc(C(=O)NC2(C(=O)O)CCOCC2)s1. The third-order valence-electron chi connectivity index (χ3n) is 3.35. The number of ether oxygens (including phenoxy) is 1. The first-order chi connectivity index (χ1) is 9.57. The quantitative estimate of drug-likeness (QED) is 0.859. The molecule has 1 aromatic heterocycles. The number of aliphatic carboxylic acids is 1. The summed E-state index contributed by atoms with van der Waals surface area (Å²) in [5.41, 5.74) is -1.22. The van der Waals surface area contributed by atoms with Crippen LogP contribution in [0.2, 0.25) is 0 Å². The number of carbonyl (C=O) groups excluding carboxylic acids is 1. The summed E-state index contributed by atoms with van der Waals surface area (Å²) in [7, 11) is 0. The number of carboxylic acid groups (broad SMARTS) is 1. The summed E-state index contributed by atoms with van der Waals surface area (Å²) >= 11 is 1.32. The predicted molar refractivity (Wildman–Crippen MR) is 74.0 cm³/mol. The normalized spacial score (nSPS) is 17.6. The second-order valence-corrected chi connectivity index (χ2v) is 5.94. The van der Waals surface area contributed by atoms with Crippen molar-refractivity contribution in [3.8, 4) is 0 Å². The van der Waals surface area contributed by atoms with Gasteiger partial charge >= 0.3 is 5.97 Å². The Kier molecular flexibility index (Phi) is 4.72. The van der Waals surface area contributed by atoms with Crippen molar-refractivity contribution >= 4 is 23.2 Å². The van der Waals surface area contributed by atoms with Crippen LogP contribution in [0.25, 0.3) is 0 Å². The van der Waals surface area contributed by atoms with Gasteiger partial charge in [-0.2, -0.15) is 0 Å². The second kappa shape index (κ2) is 6.32. The average molecular weight is 298 g/mol. The smallest absolute Gasteiger partial charge is 0.329 e. The van der Waals surface area contributed by atoms with Crippen LogP contribution in [0.15, 0.2) is 6.20 Å². The summed E-state index contributed by atoms with van der Waals surface area (Å²) < 4.78 is 5.17. The number of carboxylic acids is 1. The molecular weight excluding hydrogens is 280 g/mol. The second-order valence-electron chi connectivity index (χ2n) is 4.82. The van der Waals surface area contributed by atoms with Gasteiger partial charge in [-0.1, -0.05) is 6.92 Å². The number of aryl methyl sites for hydroxylation is 1. The van der Waals surface area contributed by atoms with Gasteiger partial charge in [0.1, 0.15) is 10.4 Å². The first-order valence-corrected chi connectivity index (χ1v) is 7.47. The predicted octanol–water partition coefficient (Wildman–Crippen LogP) is 1.46. The zero-order chi connectivity index (χ0) is 14.6. The maximum atomic E-state index is 12.2. The van der Waals surface area contributed by atoms with E-state index >= 15 is 0 Å². The van der Waals surface area contributed by atoms with Gasteiger partial charge in [0.2, 0.25) is 0 Å². The Bertz CT molecular complexity index is 494. The number of carbonyl (C=O) groups is 2. The molecule has 1 aliphatic rings. The summed E-state index contributed by atoms with van der Waals surface area (Å²) in [6.45, 7) is 2.73. The highest BCUT2D eigenvalue weighted by atomic mass is 32.1. The van der Waals surface area contributed by atoms with Crippen LogP contribution in [-0.4, -0.2) is 40.7 Å². The van der Waals surface area contributed by atoms with Crippen LogP contribution >= 0.6 is 11.3 Å². The van der Waals surface area contributed by atoms with Gasteiger partial charge < -0.3 is 15.2 Å². The number of nitrogens with one attached hydrogen (secondary N) is 1. The molecule has 1 amide bonds. The molecule has 20 heavy (non-hydrogen) atoms. The molecule has 1 fully saturated rings. The molecular formula is C13H18N2O4S. The fraction of sp³-hybridized carbons (Fsp3) is 0.615. The van der Waals surface area contributed by atoms with Gasteiger partial charge in [0.25, 0.3) is 5.91 Å². The van der Waals surface area contributed by atoms with Crippen LogP contribution in [0.3, 0.4) is 0 Å². The highest BCUT2D eigenvalue weighted by Crippen LogP contribution is 2.23. The number of aromatic nitrogens is 1. The summed E-state index contributed by atoms with van der Waals surface area (Å²) in [5.74, 6) is -1.37. The molecule has 0 aromatic carbocycles. The zero-order valence-electron chi connectivity index (χ0n) is 11.3. The zero-order valence-corrected chi connectivity index (χ0v) is 12.2. The fourth-order valence-corrected chi connectivity index (χ4v) is 3.05. The molecule has 1 aromatic rings. The fourth-order valence-electron chi connectivity index (χ4n) is 2.14. The minimum Gasteiger partial charge on any atom is -0.480 e. The first kappa shape index (κ1) is 14.9. The van der Waals surface area contributed by atoms with Crippen LogP contribution in [0.5, 0.6) is 0 Å². The van der Waals surface area contributed by atoms with Crippen molar-refractivity contribution in [3.63, 3.8) is 0 Å². The van der Waals surface area contributed by atoms with Crippen LogP contribution in [0, 0.1) is 0 Å². The third-order valence-corrected chi connectivity index (χ3v) is 4.41. The van der Waals surface area contributed by atoms with Gasteiger partial charge in [-0.25, -0.2) is 9.78 Å². The number of rotatable bonds is 5. The Labute approximate surface area is 121 Å². The maximum absolute atomic E-state index is 12.2. The molecule has 6 nitrogen and oxygen atoms in total. The summed E-state index contributed by atoms with van der Waals surface area (Å²) in [4.78, 5) is 28.3. The standard InChI is InChI=1S/C13H18N2O4S/c1-2-3-10-14-8-9(20-10)11(16)15-13(12(17)18)4-6-19-7-5-13/h8H,2-7H2,1H3,(H,15,16)(H,17,18). The number of amides is 1. The van der Waals surface area contributed by atoms with Gasteiger partial charge in [-0.15, -0.1) is 11.3 Å². The molecule has 0 aliphatic carbocycles. The van der Waals surface area contributed by atoms with Crippen molar-refractivity contribution < 1.29 is 19.4 Å². The Morgan fingerprint density at radius 1 is 1.50 bits per heavy atom. The lowest BCUT2D eigenvalue weighted by atomic mass is 9.90. The molecule has 0 radical (unpaired) electrons. The van der Waals surface area contributed by atoms with E-state index in [-0.39, 0.29) is 18.7 Å². The number of thiazole rings is 1. The molecule has 2 heterocycles. The van der Waals surface area contributed by atoms with Gasteiger partial charge in [0.15, 0.2) is 0 Å². The molecule has 0 unspecified atom stereocenters. The van der Waals surface area contributed by atoms with E-state index in [1.54, 1.807) is 0 Å². The summed E-state index contributed by atoms with van der Waals surface area (Å²) in [6.07, 6.45) is 3.88. The van der Waals surface area contributed by atoms with Crippen molar-refractivity contribution in [2.45, 2.75) is 38.1 Å².